The van der Waals surface area contributed by atoms with Crippen LogP contribution in [0.1, 0.15) is 0 Å². The zero-order chi connectivity index (χ0) is 27.8. The molecule has 0 saturated heterocycles. The summed E-state index contributed by atoms with van der Waals surface area (Å²) in [5.41, 5.74) is -3.37. The highest BCUT2D eigenvalue weighted by molar-refractivity contribution is 6.24. The van der Waals surface area contributed by atoms with Gasteiger partial charge in [0.25, 0.3) is 0 Å². The number of anilines is 4. The zero-order valence-electron chi connectivity index (χ0n) is 19.0. The highest BCUT2D eigenvalue weighted by Crippen LogP contribution is 2.54. The number of fused-ring (bicyclic) bond motifs is 7. The topological polar surface area (TPSA) is 126 Å². The van der Waals surface area contributed by atoms with Crippen molar-refractivity contribution in [1.29, 1.82) is 21.0 Å². The third-order valence-electron chi connectivity index (χ3n) is 6.34. The van der Waals surface area contributed by atoms with E-state index in [1.807, 2.05) is 0 Å². The lowest BCUT2D eigenvalue weighted by Gasteiger charge is -2.18. The number of nitrogens with zero attached hydrogens (tertiary/aromatic N) is 6. The molecule has 5 rings (SSSR count). The molecule has 0 saturated carbocycles. The third kappa shape index (κ3) is 2.71. The summed E-state index contributed by atoms with van der Waals surface area (Å²) in [6.07, 6.45) is 0. The van der Waals surface area contributed by atoms with Gasteiger partial charge in [-0.3, -0.25) is 0 Å². The Morgan fingerprint density at radius 3 is 1.11 bits per heavy atom. The van der Waals surface area contributed by atoms with Gasteiger partial charge in [0.15, 0.2) is 46.0 Å². The van der Waals surface area contributed by atoms with Crippen molar-refractivity contribution >= 4 is 44.3 Å². The Hall–Kier alpha value is -5.60. The van der Waals surface area contributed by atoms with Gasteiger partial charge in [-0.05, 0) is 0 Å². The van der Waals surface area contributed by atoms with Crippen LogP contribution in [0.25, 0.3) is 21.5 Å². The summed E-state index contributed by atoms with van der Waals surface area (Å²) in [4.78, 5) is 1.77. The fourth-order valence-corrected chi connectivity index (χ4v) is 4.71. The van der Waals surface area contributed by atoms with Crippen LogP contribution in [-0.2, 0) is 0 Å². The first-order valence-electron chi connectivity index (χ1n) is 10.3. The van der Waals surface area contributed by atoms with E-state index < -0.39 is 90.3 Å². The van der Waals surface area contributed by atoms with Crippen molar-refractivity contribution in [2.45, 2.75) is 0 Å². The molecule has 0 spiro atoms. The fraction of sp³-hybridized carbons (Fsp3) is 0.0833. The Bertz CT molecular complexity index is 1750. The number of hydrogen-bond donors (Lipinski definition) is 2. The minimum atomic E-state index is -2.02. The third-order valence-corrected chi connectivity index (χ3v) is 6.34. The Labute approximate surface area is 208 Å². The molecule has 0 unspecified atom stereocenters. The van der Waals surface area contributed by atoms with Gasteiger partial charge >= 0.3 is 0 Å². The standard InChI is InChI=1S/C24H8F6N8/c1-37-21-17(29)15(27)11-9(19(21)35-23(37)7(3-31)4-32)10-12(14(26)13(11)25)16(28)18(30)22-20(10)36-24(38(22)2)8(5-33)6-34/h35-36H,1-2H3. The summed E-state index contributed by atoms with van der Waals surface area (Å²) in [5.74, 6) is -11.8. The highest BCUT2D eigenvalue weighted by Gasteiger charge is 2.39. The molecule has 0 aromatic heterocycles. The Morgan fingerprint density at radius 1 is 0.526 bits per heavy atom. The van der Waals surface area contributed by atoms with Gasteiger partial charge in [0.2, 0.25) is 0 Å². The molecule has 2 heterocycles. The van der Waals surface area contributed by atoms with Crippen molar-refractivity contribution in [1.82, 2.24) is 0 Å². The van der Waals surface area contributed by atoms with Gasteiger partial charge in [-0.1, -0.05) is 0 Å². The average Bonchev–Trinajstić information content (AvgIpc) is 3.42. The first kappa shape index (κ1) is 24.1. The van der Waals surface area contributed by atoms with Crippen LogP contribution in [-0.4, -0.2) is 14.1 Å². The van der Waals surface area contributed by atoms with Crippen LogP contribution < -0.4 is 20.4 Å². The monoisotopic (exact) mass is 522 g/mol. The Morgan fingerprint density at radius 2 is 0.816 bits per heavy atom. The molecule has 2 aliphatic rings. The lowest BCUT2D eigenvalue weighted by atomic mass is 9.95. The summed E-state index contributed by atoms with van der Waals surface area (Å²) in [7, 11) is 2.31. The van der Waals surface area contributed by atoms with E-state index in [-0.39, 0.29) is 11.6 Å². The first-order valence-corrected chi connectivity index (χ1v) is 10.3. The number of allylic oxidation sites excluding steroid dienone is 2. The van der Waals surface area contributed by atoms with E-state index in [1.54, 1.807) is 24.3 Å². The van der Waals surface area contributed by atoms with Gasteiger partial charge in [0, 0.05) is 24.9 Å². The summed E-state index contributed by atoms with van der Waals surface area (Å²) in [6.45, 7) is 0. The van der Waals surface area contributed by atoms with Crippen LogP contribution in [0.5, 0.6) is 0 Å². The average molecular weight is 522 g/mol. The van der Waals surface area contributed by atoms with Gasteiger partial charge in [0.05, 0.1) is 22.1 Å². The van der Waals surface area contributed by atoms with E-state index in [1.165, 1.54) is 0 Å². The van der Waals surface area contributed by atoms with E-state index in [9.17, 15) is 21.0 Å². The number of nitrogens with one attached hydrogen (secondary N) is 2. The van der Waals surface area contributed by atoms with Crippen molar-refractivity contribution < 1.29 is 26.3 Å². The minimum Gasteiger partial charge on any atom is -0.338 e. The smallest absolute Gasteiger partial charge is 0.185 e. The molecule has 14 heteroatoms. The quantitative estimate of drug-likeness (QED) is 0.238. The maximum Gasteiger partial charge on any atom is 0.185 e. The molecule has 3 aromatic rings. The number of nitriles is 4. The van der Waals surface area contributed by atoms with Crippen LogP contribution in [0, 0.1) is 80.2 Å². The van der Waals surface area contributed by atoms with Crippen LogP contribution >= 0.6 is 0 Å². The lowest BCUT2D eigenvalue weighted by Crippen LogP contribution is -2.17. The van der Waals surface area contributed by atoms with Crippen molar-refractivity contribution in [2.75, 3.05) is 34.5 Å². The zero-order valence-corrected chi connectivity index (χ0v) is 19.0. The minimum absolute atomic E-state index is 0.338. The predicted molar refractivity (Wildman–Crippen MR) is 122 cm³/mol. The SMILES string of the molecule is CN1C(=C(C#N)C#N)Nc2c1c(F)c(F)c1c(F)c(F)c3c(F)c(F)c4c(c3c21)NC(=C(C#N)C#N)N4C. The molecule has 0 radical (unpaired) electrons. The molecule has 2 N–H and O–H groups in total. The van der Waals surface area contributed by atoms with Crippen LogP contribution in [0.3, 0.4) is 0 Å². The van der Waals surface area contributed by atoms with E-state index in [0.29, 0.717) is 0 Å². The van der Waals surface area contributed by atoms with Gasteiger partial charge in [-0.2, -0.15) is 21.0 Å². The van der Waals surface area contributed by atoms with Gasteiger partial charge in [0.1, 0.15) is 47.3 Å². The van der Waals surface area contributed by atoms with Crippen molar-refractivity contribution in [3.63, 3.8) is 0 Å². The van der Waals surface area contributed by atoms with Gasteiger partial charge in [-0.25, -0.2) is 26.3 Å². The second kappa shape index (κ2) is 7.95. The van der Waals surface area contributed by atoms with Crippen molar-refractivity contribution in [3.05, 3.63) is 57.7 Å². The maximum atomic E-state index is 15.3. The van der Waals surface area contributed by atoms with E-state index >= 15 is 26.3 Å². The summed E-state index contributed by atoms with van der Waals surface area (Å²) < 4.78 is 91.5. The molecule has 0 bridgehead atoms. The van der Waals surface area contributed by atoms with E-state index in [0.717, 1.165) is 23.9 Å². The molecular weight excluding hydrogens is 514 g/mol. The second-order valence-corrected chi connectivity index (χ2v) is 8.09. The normalized spacial score (nSPS) is 13.4. The Balaban J connectivity index is 2.09. The molecule has 0 aliphatic carbocycles. The molecule has 186 valence electrons. The second-order valence-electron chi connectivity index (χ2n) is 8.09. The molecule has 0 amide bonds. The molecule has 0 atom stereocenters. The van der Waals surface area contributed by atoms with Crippen molar-refractivity contribution in [3.8, 4) is 24.3 Å². The predicted octanol–water partition coefficient (Wildman–Crippen LogP) is 5.07. The van der Waals surface area contributed by atoms with Gasteiger partial charge in [-0.15, -0.1) is 0 Å². The van der Waals surface area contributed by atoms with Crippen molar-refractivity contribution in [2.24, 2.45) is 0 Å². The molecular formula is C24H8F6N8. The molecule has 2 aliphatic heterocycles. The summed E-state index contributed by atoms with van der Waals surface area (Å²) in [6, 6.07) is 6.25. The fourth-order valence-electron chi connectivity index (χ4n) is 4.71. The number of halogens is 6. The van der Waals surface area contributed by atoms with E-state index in [2.05, 4.69) is 10.6 Å². The highest BCUT2D eigenvalue weighted by atomic mass is 19.2. The number of benzene rings is 3. The van der Waals surface area contributed by atoms with E-state index in [4.69, 9.17) is 0 Å². The summed E-state index contributed by atoms with van der Waals surface area (Å²) in [5, 5.41) is 38.3. The molecule has 8 nitrogen and oxygen atoms in total. The van der Waals surface area contributed by atoms with Gasteiger partial charge < -0.3 is 20.4 Å². The largest absolute Gasteiger partial charge is 0.338 e. The van der Waals surface area contributed by atoms with Crippen LogP contribution in [0.2, 0.25) is 0 Å². The Kier molecular flexibility index (Phi) is 5.05. The van der Waals surface area contributed by atoms with Crippen LogP contribution in [0.4, 0.5) is 49.1 Å². The summed E-state index contributed by atoms with van der Waals surface area (Å²) >= 11 is 0. The number of rotatable bonds is 0. The maximum absolute atomic E-state index is 15.3. The molecule has 38 heavy (non-hydrogen) atoms. The molecule has 0 fully saturated rings. The first-order chi connectivity index (χ1) is 18.0. The lowest BCUT2D eigenvalue weighted by molar-refractivity contribution is 0.489. The van der Waals surface area contributed by atoms with Crippen LogP contribution in [0.15, 0.2) is 22.8 Å². The number of hydrogen-bond acceptors (Lipinski definition) is 8. The molecule has 3 aromatic carbocycles.